The fourth-order valence-electron chi connectivity index (χ4n) is 1.59. The summed E-state index contributed by atoms with van der Waals surface area (Å²) in [5, 5.41) is 0.752. The maximum absolute atomic E-state index is 5.94. The van der Waals surface area contributed by atoms with Gasteiger partial charge in [0, 0.05) is 23.8 Å². The Hall–Kier alpha value is -0.600. The van der Waals surface area contributed by atoms with Crippen LogP contribution in [0.5, 0.6) is 0 Å². The molecule has 1 atom stereocenters. The molecule has 0 aliphatic heterocycles. The zero-order chi connectivity index (χ0) is 12.3. The summed E-state index contributed by atoms with van der Waals surface area (Å²) in [6.45, 7) is 9.82. The quantitative estimate of drug-likeness (QED) is 0.803. The van der Waals surface area contributed by atoms with E-state index in [9.17, 15) is 0 Å². The van der Waals surface area contributed by atoms with E-state index in [1.54, 1.807) is 12.3 Å². The summed E-state index contributed by atoms with van der Waals surface area (Å²) in [5.41, 5.74) is 1.29. The minimum absolute atomic E-state index is 0.271. The summed E-state index contributed by atoms with van der Waals surface area (Å²) in [4.78, 5) is 6.62. The third-order valence-electron chi connectivity index (χ3n) is 3.10. The van der Waals surface area contributed by atoms with Crippen molar-refractivity contribution in [2.24, 2.45) is 5.41 Å². The first-order chi connectivity index (χ1) is 7.30. The van der Waals surface area contributed by atoms with Crippen molar-refractivity contribution in [3.8, 4) is 0 Å². The fraction of sp³-hybridized carbons (Fsp3) is 0.615. The molecule has 1 aromatic heterocycles. The highest BCUT2D eigenvalue weighted by Gasteiger charge is 2.23. The maximum Gasteiger partial charge on any atom is 0.0558 e. The molecule has 90 valence electrons. The maximum atomic E-state index is 5.94. The Bertz CT molecular complexity index is 344. The van der Waals surface area contributed by atoms with Gasteiger partial charge in [0.15, 0.2) is 0 Å². The molecular formula is C13H21ClN2. The van der Waals surface area contributed by atoms with Gasteiger partial charge in [-0.1, -0.05) is 32.4 Å². The first kappa shape index (κ1) is 13.5. The van der Waals surface area contributed by atoms with Gasteiger partial charge in [0.1, 0.15) is 0 Å². The smallest absolute Gasteiger partial charge is 0.0558 e. The van der Waals surface area contributed by atoms with Gasteiger partial charge >= 0.3 is 0 Å². The van der Waals surface area contributed by atoms with E-state index in [1.165, 1.54) is 0 Å². The molecule has 16 heavy (non-hydrogen) atoms. The number of rotatable bonds is 3. The predicted octanol–water partition coefficient (Wildman–Crippen LogP) is 3.60. The molecule has 1 rings (SSSR count). The van der Waals surface area contributed by atoms with Gasteiger partial charge in [-0.05, 0) is 31.5 Å². The number of hydrogen-bond acceptors (Lipinski definition) is 2. The summed E-state index contributed by atoms with van der Waals surface area (Å²) in [5.74, 6) is 0. The van der Waals surface area contributed by atoms with Gasteiger partial charge in [-0.15, -0.1) is 0 Å². The Morgan fingerprint density at radius 3 is 2.56 bits per heavy atom. The van der Waals surface area contributed by atoms with Crippen LogP contribution in [0, 0.1) is 5.41 Å². The molecule has 1 aromatic rings. The van der Waals surface area contributed by atoms with E-state index in [-0.39, 0.29) is 5.41 Å². The molecule has 1 heterocycles. The Labute approximate surface area is 104 Å². The Morgan fingerprint density at radius 2 is 2.06 bits per heavy atom. The molecule has 0 aliphatic rings. The van der Waals surface area contributed by atoms with E-state index in [4.69, 9.17) is 11.6 Å². The third-order valence-corrected chi connectivity index (χ3v) is 3.34. The summed E-state index contributed by atoms with van der Waals surface area (Å²) in [6.07, 6.45) is 1.76. The van der Waals surface area contributed by atoms with Crippen LogP contribution in [-0.2, 0) is 6.54 Å². The molecule has 0 N–H and O–H groups in total. The molecule has 0 amide bonds. The van der Waals surface area contributed by atoms with Crippen molar-refractivity contribution in [1.82, 2.24) is 9.88 Å². The molecule has 0 aromatic carbocycles. The monoisotopic (exact) mass is 240 g/mol. The fourth-order valence-corrected chi connectivity index (χ4v) is 1.77. The second kappa shape index (κ2) is 5.15. The van der Waals surface area contributed by atoms with Crippen LogP contribution in [0.4, 0.5) is 0 Å². The number of nitrogens with zero attached hydrogens (tertiary/aromatic N) is 2. The van der Waals surface area contributed by atoms with Gasteiger partial charge in [-0.2, -0.15) is 0 Å². The van der Waals surface area contributed by atoms with Crippen LogP contribution in [0.3, 0.4) is 0 Å². The molecule has 0 radical (unpaired) electrons. The van der Waals surface area contributed by atoms with Gasteiger partial charge in [-0.3, -0.25) is 9.88 Å². The summed E-state index contributed by atoms with van der Waals surface area (Å²) in [7, 11) is 2.12. The standard InChI is InChI=1S/C13H21ClN2/c1-10(13(2,3)4)16(5)9-12-8-11(14)6-7-15-12/h6-8,10H,9H2,1-5H3. The van der Waals surface area contributed by atoms with E-state index < -0.39 is 0 Å². The Balaban J connectivity index is 2.68. The lowest BCUT2D eigenvalue weighted by Gasteiger charge is -2.35. The second-order valence-electron chi connectivity index (χ2n) is 5.42. The average molecular weight is 241 g/mol. The Morgan fingerprint density at radius 1 is 1.44 bits per heavy atom. The zero-order valence-corrected chi connectivity index (χ0v) is 11.5. The van der Waals surface area contributed by atoms with Gasteiger partial charge in [0.2, 0.25) is 0 Å². The topological polar surface area (TPSA) is 16.1 Å². The van der Waals surface area contributed by atoms with Gasteiger partial charge < -0.3 is 0 Å². The third kappa shape index (κ3) is 3.76. The average Bonchev–Trinajstić information content (AvgIpc) is 2.15. The number of aromatic nitrogens is 1. The molecule has 0 spiro atoms. The van der Waals surface area contributed by atoms with Crippen LogP contribution in [0.1, 0.15) is 33.4 Å². The summed E-state index contributed by atoms with van der Waals surface area (Å²) < 4.78 is 0. The molecule has 0 saturated carbocycles. The van der Waals surface area contributed by atoms with Crippen LogP contribution in [0.15, 0.2) is 18.3 Å². The highest BCUT2D eigenvalue weighted by atomic mass is 35.5. The van der Waals surface area contributed by atoms with Crippen molar-refractivity contribution in [1.29, 1.82) is 0 Å². The van der Waals surface area contributed by atoms with E-state index in [2.05, 4.69) is 44.6 Å². The van der Waals surface area contributed by atoms with Crippen molar-refractivity contribution in [2.75, 3.05) is 7.05 Å². The summed E-state index contributed by atoms with van der Waals surface area (Å²) >= 11 is 5.94. The number of hydrogen-bond donors (Lipinski definition) is 0. The van der Waals surface area contributed by atoms with Crippen molar-refractivity contribution in [3.63, 3.8) is 0 Å². The lowest BCUT2D eigenvalue weighted by Crippen LogP contribution is -2.38. The van der Waals surface area contributed by atoms with Crippen molar-refractivity contribution < 1.29 is 0 Å². The first-order valence-corrected chi connectivity index (χ1v) is 5.99. The second-order valence-corrected chi connectivity index (χ2v) is 5.86. The van der Waals surface area contributed by atoms with Crippen LogP contribution < -0.4 is 0 Å². The van der Waals surface area contributed by atoms with Gasteiger partial charge in [0.25, 0.3) is 0 Å². The summed E-state index contributed by atoms with van der Waals surface area (Å²) in [6, 6.07) is 4.22. The first-order valence-electron chi connectivity index (χ1n) is 5.61. The van der Waals surface area contributed by atoms with Crippen LogP contribution in [0.25, 0.3) is 0 Å². The van der Waals surface area contributed by atoms with Crippen molar-refractivity contribution in [2.45, 2.75) is 40.3 Å². The molecule has 0 fully saturated rings. The van der Waals surface area contributed by atoms with E-state index in [1.807, 2.05) is 6.07 Å². The molecule has 2 nitrogen and oxygen atoms in total. The van der Waals surface area contributed by atoms with Gasteiger partial charge in [0.05, 0.1) is 5.69 Å². The molecular weight excluding hydrogens is 220 g/mol. The molecule has 3 heteroatoms. The van der Waals surface area contributed by atoms with E-state index >= 15 is 0 Å². The molecule has 0 bridgehead atoms. The van der Waals surface area contributed by atoms with Crippen molar-refractivity contribution >= 4 is 11.6 Å². The number of halogens is 1. The lowest BCUT2D eigenvalue weighted by molar-refractivity contribution is 0.133. The van der Waals surface area contributed by atoms with E-state index in [0.29, 0.717) is 6.04 Å². The molecule has 0 aliphatic carbocycles. The van der Waals surface area contributed by atoms with Crippen LogP contribution in [0.2, 0.25) is 5.02 Å². The normalized spacial score (nSPS) is 14.2. The number of pyridine rings is 1. The Kier molecular flexibility index (Phi) is 4.34. The highest BCUT2D eigenvalue weighted by Crippen LogP contribution is 2.24. The highest BCUT2D eigenvalue weighted by molar-refractivity contribution is 6.30. The molecule has 0 saturated heterocycles. The largest absolute Gasteiger partial charge is 0.297 e. The minimum atomic E-state index is 0.271. The SMILES string of the molecule is CC(N(C)Cc1cc(Cl)ccn1)C(C)(C)C. The van der Waals surface area contributed by atoms with Gasteiger partial charge in [-0.25, -0.2) is 0 Å². The van der Waals surface area contributed by atoms with Crippen molar-refractivity contribution in [3.05, 3.63) is 29.0 Å². The lowest BCUT2D eigenvalue weighted by atomic mass is 9.87. The van der Waals surface area contributed by atoms with Crippen LogP contribution in [-0.4, -0.2) is 23.0 Å². The predicted molar refractivity (Wildman–Crippen MR) is 69.6 cm³/mol. The zero-order valence-electron chi connectivity index (χ0n) is 10.8. The van der Waals surface area contributed by atoms with Crippen LogP contribution >= 0.6 is 11.6 Å². The molecule has 1 unspecified atom stereocenters. The van der Waals surface area contributed by atoms with E-state index in [0.717, 1.165) is 17.3 Å². The minimum Gasteiger partial charge on any atom is -0.297 e.